The molecule has 0 atom stereocenters. The first kappa shape index (κ1) is 15.9. The molecule has 0 fully saturated rings. The van der Waals surface area contributed by atoms with Gasteiger partial charge >= 0.3 is 0 Å². The van der Waals surface area contributed by atoms with E-state index in [9.17, 15) is 4.39 Å². The van der Waals surface area contributed by atoms with Gasteiger partial charge in [0, 0.05) is 5.56 Å². The van der Waals surface area contributed by atoms with Crippen LogP contribution in [0.3, 0.4) is 0 Å². The van der Waals surface area contributed by atoms with Gasteiger partial charge in [-0.1, -0.05) is 25.4 Å². The summed E-state index contributed by atoms with van der Waals surface area (Å²) in [5, 5.41) is 3.58. The molecule has 21 heavy (non-hydrogen) atoms. The summed E-state index contributed by atoms with van der Waals surface area (Å²) < 4.78 is 24.0. The van der Waals surface area contributed by atoms with Crippen LogP contribution in [0.15, 0.2) is 34.9 Å². The van der Waals surface area contributed by atoms with Gasteiger partial charge in [0.25, 0.3) is 0 Å². The Morgan fingerprint density at radius 3 is 2.86 bits per heavy atom. The Bertz CT molecular complexity index is 583. The molecule has 0 radical (unpaired) electrons. The van der Waals surface area contributed by atoms with Crippen LogP contribution >= 0.6 is 11.6 Å². The molecule has 0 bridgehead atoms. The minimum atomic E-state index is -0.380. The Kier molecular flexibility index (Phi) is 5.65. The van der Waals surface area contributed by atoms with Gasteiger partial charge in [-0.3, -0.25) is 0 Å². The predicted octanol–water partition coefficient (Wildman–Crippen LogP) is 4.40. The summed E-state index contributed by atoms with van der Waals surface area (Å²) >= 11 is 5.93. The topological polar surface area (TPSA) is 34.4 Å². The maximum atomic E-state index is 13.0. The molecule has 0 saturated heterocycles. The standard InChI is InChI=1S/C16H19ClFNO2/c1-11(2)8-19-9-16-12(5-6-20-16)10-21-15-4-3-13(18)7-14(15)17/h3-7,11,19H,8-10H2,1-2H3. The molecule has 0 aliphatic rings. The van der Waals surface area contributed by atoms with Crippen molar-refractivity contribution in [1.82, 2.24) is 5.32 Å². The van der Waals surface area contributed by atoms with E-state index in [1.165, 1.54) is 18.2 Å². The van der Waals surface area contributed by atoms with Crippen LogP contribution < -0.4 is 10.1 Å². The first-order chi connectivity index (χ1) is 10.1. The number of nitrogens with one attached hydrogen (secondary N) is 1. The number of ether oxygens (including phenoxy) is 1. The highest BCUT2D eigenvalue weighted by Gasteiger charge is 2.09. The molecular weight excluding hydrogens is 293 g/mol. The SMILES string of the molecule is CC(C)CNCc1occc1COc1ccc(F)cc1Cl. The molecule has 0 saturated carbocycles. The van der Waals surface area contributed by atoms with Crippen LogP contribution in [-0.4, -0.2) is 6.54 Å². The number of rotatable bonds is 7. The molecule has 3 nitrogen and oxygen atoms in total. The van der Waals surface area contributed by atoms with E-state index in [0.29, 0.717) is 24.8 Å². The second-order valence-electron chi connectivity index (χ2n) is 5.26. The smallest absolute Gasteiger partial charge is 0.138 e. The summed E-state index contributed by atoms with van der Waals surface area (Å²) in [7, 11) is 0. The molecule has 1 N–H and O–H groups in total. The first-order valence-electron chi connectivity index (χ1n) is 6.90. The molecule has 5 heteroatoms. The lowest BCUT2D eigenvalue weighted by Gasteiger charge is -2.09. The Morgan fingerprint density at radius 1 is 1.33 bits per heavy atom. The van der Waals surface area contributed by atoms with Crippen molar-refractivity contribution in [1.29, 1.82) is 0 Å². The van der Waals surface area contributed by atoms with Gasteiger partial charge in [-0.2, -0.15) is 0 Å². The predicted molar refractivity (Wildman–Crippen MR) is 81.0 cm³/mol. The van der Waals surface area contributed by atoms with Crippen molar-refractivity contribution < 1.29 is 13.5 Å². The fourth-order valence-electron chi connectivity index (χ4n) is 1.87. The zero-order valence-corrected chi connectivity index (χ0v) is 12.9. The molecular formula is C16H19ClFNO2. The summed E-state index contributed by atoms with van der Waals surface area (Å²) in [5.74, 6) is 1.50. The monoisotopic (exact) mass is 311 g/mol. The van der Waals surface area contributed by atoms with Crippen LogP contribution in [0.4, 0.5) is 4.39 Å². The van der Waals surface area contributed by atoms with E-state index < -0.39 is 0 Å². The Labute approximate surface area is 129 Å². The van der Waals surface area contributed by atoms with E-state index in [-0.39, 0.29) is 10.8 Å². The van der Waals surface area contributed by atoms with Gasteiger partial charge in [-0.15, -0.1) is 0 Å². The number of furan rings is 1. The van der Waals surface area contributed by atoms with E-state index in [4.69, 9.17) is 20.8 Å². The van der Waals surface area contributed by atoms with Gasteiger partial charge in [-0.05, 0) is 36.7 Å². The van der Waals surface area contributed by atoms with Crippen molar-refractivity contribution in [2.75, 3.05) is 6.54 Å². The summed E-state index contributed by atoms with van der Waals surface area (Å²) in [6, 6.07) is 5.94. The number of hydrogen-bond donors (Lipinski definition) is 1. The Balaban J connectivity index is 1.92. The summed E-state index contributed by atoms with van der Waals surface area (Å²) in [4.78, 5) is 0. The van der Waals surface area contributed by atoms with Crippen molar-refractivity contribution in [3.63, 3.8) is 0 Å². The molecule has 0 amide bonds. The van der Waals surface area contributed by atoms with Gasteiger partial charge in [0.2, 0.25) is 0 Å². The van der Waals surface area contributed by atoms with Gasteiger partial charge < -0.3 is 14.5 Å². The third-order valence-electron chi connectivity index (χ3n) is 2.95. The summed E-state index contributed by atoms with van der Waals surface area (Å²) in [5.41, 5.74) is 0.951. The van der Waals surface area contributed by atoms with Gasteiger partial charge in [-0.25, -0.2) is 4.39 Å². The zero-order valence-electron chi connectivity index (χ0n) is 12.2. The number of halogens is 2. The number of benzene rings is 1. The highest BCUT2D eigenvalue weighted by molar-refractivity contribution is 6.32. The molecule has 1 aromatic carbocycles. The van der Waals surface area contributed by atoms with Crippen LogP contribution in [0.5, 0.6) is 5.75 Å². The van der Waals surface area contributed by atoms with E-state index >= 15 is 0 Å². The Morgan fingerprint density at radius 2 is 2.14 bits per heavy atom. The van der Waals surface area contributed by atoms with E-state index in [1.807, 2.05) is 6.07 Å². The number of hydrogen-bond acceptors (Lipinski definition) is 3. The van der Waals surface area contributed by atoms with Gasteiger partial charge in [0.15, 0.2) is 0 Å². The quantitative estimate of drug-likeness (QED) is 0.823. The average Bonchev–Trinajstić information content (AvgIpc) is 2.85. The zero-order chi connectivity index (χ0) is 15.2. The Hall–Kier alpha value is -1.52. The fraction of sp³-hybridized carbons (Fsp3) is 0.375. The van der Waals surface area contributed by atoms with Crippen molar-refractivity contribution in [2.24, 2.45) is 5.92 Å². The molecule has 2 rings (SSSR count). The second kappa shape index (κ2) is 7.48. The summed E-state index contributed by atoms with van der Waals surface area (Å²) in [6.07, 6.45) is 1.64. The molecule has 114 valence electrons. The van der Waals surface area contributed by atoms with Crippen molar-refractivity contribution in [3.05, 3.63) is 52.7 Å². The second-order valence-corrected chi connectivity index (χ2v) is 5.66. The van der Waals surface area contributed by atoms with Crippen molar-refractivity contribution in [2.45, 2.75) is 27.0 Å². The first-order valence-corrected chi connectivity index (χ1v) is 7.28. The van der Waals surface area contributed by atoms with E-state index in [2.05, 4.69) is 19.2 Å². The lowest BCUT2D eigenvalue weighted by atomic mass is 10.2. The van der Waals surface area contributed by atoms with E-state index in [1.54, 1.807) is 6.26 Å². The van der Waals surface area contributed by atoms with E-state index in [0.717, 1.165) is 17.9 Å². The molecule has 0 spiro atoms. The maximum Gasteiger partial charge on any atom is 0.138 e. The maximum absolute atomic E-state index is 13.0. The minimum Gasteiger partial charge on any atom is -0.487 e. The van der Waals surface area contributed by atoms with Crippen LogP contribution in [0.1, 0.15) is 25.2 Å². The van der Waals surface area contributed by atoms with Crippen LogP contribution in [0.2, 0.25) is 5.02 Å². The molecule has 0 aliphatic carbocycles. The van der Waals surface area contributed by atoms with Gasteiger partial charge in [0.1, 0.15) is 23.9 Å². The molecule has 1 aromatic heterocycles. The fourth-order valence-corrected chi connectivity index (χ4v) is 2.09. The average molecular weight is 312 g/mol. The van der Waals surface area contributed by atoms with Crippen LogP contribution in [0, 0.1) is 11.7 Å². The molecule has 1 heterocycles. The third kappa shape index (κ3) is 4.76. The van der Waals surface area contributed by atoms with Crippen LogP contribution in [0.25, 0.3) is 0 Å². The normalized spacial score (nSPS) is 11.1. The summed E-state index contributed by atoms with van der Waals surface area (Å²) in [6.45, 7) is 6.21. The molecule has 2 aromatic rings. The lowest BCUT2D eigenvalue weighted by Crippen LogP contribution is -2.19. The lowest BCUT2D eigenvalue weighted by molar-refractivity contribution is 0.301. The molecule has 0 aliphatic heterocycles. The van der Waals surface area contributed by atoms with Crippen molar-refractivity contribution in [3.8, 4) is 5.75 Å². The third-order valence-corrected chi connectivity index (χ3v) is 3.25. The van der Waals surface area contributed by atoms with Crippen LogP contribution in [-0.2, 0) is 13.2 Å². The van der Waals surface area contributed by atoms with Crippen molar-refractivity contribution >= 4 is 11.6 Å². The highest BCUT2D eigenvalue weighted by atomic mass is 35.5. The minimum absolute atomic E-state index is 0.262. The molecule has 0 unspecified atom stereocenters. The highest BCUT2D eigenvalue weighted by Crippen LogP contribution is 2.26. The van der Waals surface area contributed by atoms with Gasteiger partial charge in [0.05, 0.1) is 17.8 Å². The largest absolute Gasteiger partial charge is 0.487 e.